The summed E-state index contributed by atoms with van der Waals surface area (Å²) >= 11 is 0. The Labute approximate surface area is 192 Å². The van der Waals surface area contributed by atoms with Gasteiger partial charge in [0.25, 0.3) is 0 Å². The average Bonchev–Trinajstić information content (AvgIpc) is 3.01. The second-order valence-electron chi connectivity index (χ2n) is 9.06. The maximum Gasteiger partial charge on any atom is 0.411 e. The van der Waals surface area contributed by atoms with E-state index >= 15 is 0 Å². The largest absolute Gasteiger partial charge is 0.440 e. The molecule has 1 unspecified atom stereocenters. The SMILES string of the molecule is CC(C)N1CCC2(CC1)OC(=O)N(Cc1ccc(OC(F)F)cc1)C2Cc1ccc(F)cc1. The Balaban J connectivity index is 1.57. The Hall–Kier alpha value is -2.74. The number of benzene rings is 2. The number of carbonyl (C=O) groups excluding carboxylic acids is 1. The van der Waals surface area contributed by atoms with Crippen LogP contribution in [0, 0.1) is 5.82 Å². The summed E-state index contributed by atoms with van der Waals surface area (Å²) in [7, 11) is 0. The molecule has 2 aliphatic heterocycles. The van der Waals surface area contributed by atoms with Crippen molar-refractivity contribution in [1.82, 2.24) is 9.80 Å². The number of halogens is 3. The number of carbonyl (C=O) groups is 1. The second kappa shape index (κ2) is 9.63. The molecule has 0 bridgehead atoms. The molecule has 1 spiro atoms. The molecule has 0 radical (unpaired) electrons. The Morgan fingerprint density at radius 2 is 1.64 bits per heavy atom. The van der Waals surface area contributed by atoms with E-state index in [0.717, 1.165) is 37.1 Å². The molecule has 2 aromatic rings. The quantitative estimate of drug-likeness (QED) is 0.565. The molecule has 2 fully saturated rings. The lowest BCUT2D eigenvalue weighted by Gasteiger charge is -2.43. The van der Waals surface area contributed by atoms with Crippen LogP contribution in [0.4, 0.5) is 18.0 Å². The van der Waals surface area contributed by atoms with Crippen molar-refractivity contribution in [2.45, 2.75) is 64.0 Å². The van der Waals surface area contributed by atoms with Crippen LogP contribution < -0.4 is 4.74 Å². The van der Waals surface area contributed by atoms with Crippen LogP contribution in [0.1, 0.15) is 37.8 Å². The van der Waals surface area contributed by atoms with Gasteiger partial charge in [-0.15, -0.1) is 0 Å². The first-order valence-electron chi connectivity index (χ1n) is 11.3. The van der Waals surface area contributed by atoms with Crippen molar-refractivity contribution < 1.29 is 27.4 Å². The zero-order valence-corrected chi connectivity index (χ0v) is 18.8. The van der Waals surface area contributed by atoms with Crippen molar-refractivity contribution in [2.24, 2.45) is 0 Å². The molecule has 0 aliphatic carbocycles. The van der Waals surface area contributed by atoms with Crippen LogP contribution in [-0.4, -0.2) is 53.3 Å². The van der Waals surface area contributed by atoms with Crippen LogP contribution in [0.5, 0.6) is 5.75 Å². The highest BCUT2D eigenvalue weighted by atomic mass is 19.3. The van der Waals surface area contributed by atoms with Crippen LogP contribution in [-0.2, 0) is 17.7 Å². The number of alkyl halides is 2. The average molecular weight is 463 g/mol. The van der Waals surface area contributed by atoms with E-state index < -0.39 is 12.2 Å². The van der Waals surface area contributed by atoms with Gasteiger partial charge in [0.15, 0.2) is 0 Å². The minimum atomic E-state index is -2.89. The van der Waals surface area contributed by atoms with Gasteiger partial charge in [-0.05, 0) is 55.7 Å². The van der Waals surface area contributed by atoms with Crippen LogP contribution in [0.3, 0.4) is 0 Å². The van der Waals surface area contributed by atoms with Crippen molar-refractivity contribution >= 4 is 6.09 Å². The second-order valence-corrected chi connectivity index (χ2v) is 9.06. The maximum atomic E-state index is 13.5. The first kappa shape index (κ1) is 23.4. The van der Waals surface area contributed by atoms with Gasteiger partial charge < -0.3 is 14.4 Å². The Kier molecular flexibility index (Phi) is 6.83. The zero-order chi connectivity index (χ0) is 23.6. The molecule has 0 aromatic heterocycles. The van der Waals surface area contributed by atoms with E-state index in [1.165, 1.54) is 24.3 Å². The summed E-state index contributed by atoms with van der Waals surface area (Å²) in [5.74, 6) is -0.237. The Bertz CT molecular complexity index is 942. The minimum absolute atomic E-state index is 0.0677. The van der Waals surface area contributed by atoms with Crippen LogP contribution in [0.15, 0.2) is 48.5 Å². The number of nitrogens with zero attached hydrogens (tertiary/aromatic N) is 2. The molecule has 2 heterocycles. The minimum Gasteiger partial charge on any atom is -0.440 e. The maximum absolute atomic E-state index is 13.5. The van der Waals surface area contributed by atoms with E-state index in [1.54, 1.807) is 29.2 Å². The number of hydrogen-bond acceptors (Lipinski definition) is 4. The predicted octanol–water partition coefficient (Wildman–Crippen LogP) is 5.23. The molecular weight excluding hydrogens is 433 g/mol. The number of amides is 1. The molecule has 33 heavy (non-hydrogen) atoms. The topological polar surface area (TPSA) is 42.0 Å². The summed E-state index contributed by atoms with van der Waals surface area (Å²) in [6.07, 6.45) is 1.61. The third-order valence-corrected chi connectivity index (χ3v) is 6.73. The molecule has 1 atom stereocenters. The van der Waals surface area contributed by atoms with Crippen LogP contribution in [0.25, 0.3) is 0 Å². The van der Waals surface area contributed by atoms with Gasteiger partial charge in [-0.1, -0.05) is 24.3 Å². The van der Waals surface area contributed by atoms with Gasteiger partial charge in [-0.3, -0.25) is 4.90 Å². The van der Waals surface area contributed by atoms with Crippen LogP contribution in [0.2, 0.25) is 0 Å². The molecule has 0 N–H and O–H groups in total. The summed E-state index contributed by atoms with van der Waals surface area (Å²) in [5.41, 5.74) is 1.10. The van der Waals surface area contributed by atoms with Crippen molar-refractivity contribution in [3.8, 4) is 5.75 Å². The van der Waals surface area contributed by atoms with E-state index in [2.05, 4.69) is 23.5 Å². The van der Waals surface area contributed by atoms with Crippen molar-refractivity contribution in [2.75, 3.05) is 13.1 Å². The molecule has 4 rings (SSSR count). The van der Waals surface area contributed by atoms with Crippen LogP contribution >= 0.6 is 0 Å². The third kappa shape index (κ3) is 5.27. The van der Waals surface area contributed by atoms with Crippen molar-refractivity contribution in [3.63, 3.8) is 0 Å². The summed E-state index contributed by atoms with van der Waals surface area (Å²) < 4.78 is 48.8. The predicted molar refractivity (Wildman–Crippen MR) is 118 cm³/mol. The van der Waals surface area contributed by atoms with Gasteiger partial charge in [0.2, 0.25) is 0 Å². The molecule has 1 amide bonds. The molecule has 8 heteroatoms. The normalized spacial score (nSPS) is 20.6. The molecular formula is C25H29F3N2O3. The van der Waals surface area contributed by atoms with E-state index in [0.29, 0.717) is 12.5 Å². The van der Waals surface area contributed by atoms with Crippen molar-refractivity contribution in [1.29, 1.82) is 0 Å². The number of ether oxygens (including phenoxy) is 2. The fourth-order valence-corrected chi connectivity index (χ4v) is 4.85. The van der Waals surface area contributed by atoms with Crippen molar-refractivity contribution in [3.05, 3.63) is 65.5 Å². The lowest BCUT2D eigenvalue weighted by Crippen LogP contribution is -2.54. The molecule has 2 saturated heterocycles. The Morgan fingerprint density at radius 1 is 1.03 bits per heavy atom. The molecule has 5 nitrogen and oxygen atoms in total. The van der Waals surface area contributed by atoms with Gasteiger partial charge >= 0.3 is 12.7 Å². The number of hydrogen-bond donors (Lipinski definition) is 0. The summed E-state index contributed by atoms with van der Waals surface area (Å²) in [6, 6.07) is 12.8. The van der Waals surface area contributed by atoms with E-state index in [-0.39, 0.29) is 30.2 Å². The molecule has 178 valence electrons. The molecule has 2 aromatic carbocycles. The van der Waals surface area contributed by atoms with Gasteiger partial charge in [-0.25, -0.2) is 9.18 Å². The Morgan fingerprint density at radius 3 is 2.21 bits per heavy atom. The fourth-order valence-electron chi connectivity index (χ4n) is 4.85. The third-order valence-electron chi connectivity index (χ3n) is 6.73. The fraction of sp³-hybridized carbons (Fsp3) is 0.480. The molecule has 2 aliphatic rings. The van der Waals surface area contributed by atoms with Gasteiger partial charge in [0, 0.05) is 38.5 Å². The lowest BCUT2D eigenvalue weighted by molar-refractivity contribution is -0.0498. The summed E-state index contributed by atoms with van der Waals surface area (Å²) in [5, 5.41) is 0. The monoisotopic (exact) mass is 462 g/mol. The highest BCUT2D eigenvalue weighted by Gasteiger charge is 2.54. The first-order valence-corrected chi connectivity index (χ1v) is 11.3. The zero-order valence-electron chi connectivity index (χ0n) is 18.8. The number of piperidine rings is 1. The number of rotatable bonds is 7. The highest BCUT2D eigenvalue weighted by molar-refractivity contribution is 5.72. The van der Waals surface area contributed by atoms with Gasteiger partial charge in [-0.2, -0.15) is 8.78 Å². The highest BCUT2D eigenvalue weighted by Crippen LogP contribution is 2.41. The smallest absolute Gasteiger partial charge is 0.411 e. The first-order chi connectivity index (χ1) is 15.8. The lowest BCUT2D eigenvalue weighted by atomic mass is 9.80. The number of likely N-dealkylation sites (tertiary alicyclic amines) is 1. The summed E-state index contributed by atoms with van der Waals surface area (Å²) in [4.78, 5) is 17.1. The molecule has 0 saturated carbocycles. The standard InChI is InChI=1S/C25H29F3N2O3/c1-17(2)29-13-11-25(12-14-29)22(15-18-3-7-20(26)8-4-18)30(24(31)33-25)16-19-5-9-21(10-6-19)32-23(27)28/h3-10,17,22-23H,11-16H2,1-2H3. The van der Waals surface area contributed by atoms with E-state index in [4.69, 9.17) is 4.74 Å². The van der Waals surface area contributed by atoms with E-state index in [1.807, 2.05) is 0 Å². The van der Waals surface area contributed by atoms with Gasteiger partial charge in [0.05, 0.1) is 6.04 Å². The van der Waals surface area contributed by atoms with Gasteiger partial charge in [0.1, 0.15) is 17.2 Å². The van der Waals surface area contributed by atoms with E-state index in [9.17, 15) is 18.0 Å². The summed E-state index contributed by atoms with van der Waals surface area (Å²) in [6.45, 7) is 3.37.